The van der Waals surface area contributed by atoms with Gasteiger partial charge in [-0.1, -0.05) is 74.0 Å². The quantitative estimate of drug-likeness (QED) is 0.225. The summed E-state index contributed by atoms with van der Waals surface area (Å²) in [5, 5.41) is 17.4. The second kappa shape index (κ2) is 20.7. The molecular formula is C32H44ClFO5S. The zero-order valence-corrected chi connectivity index (χ0v) is 25.8. The third kappa shape index (κ3) is 11.4. The summed E-state index contributed by atoms with van der Waals surface area (Å²) >= 11 is 10.0. The highest BCUT2D eigenvalue weighted by atomic mass is 35.5. The second-order valence-electron chi connectivity index (χ2n) is 8.54. The van der Waals surface area contributed by atoms with E-state index < -0.39 is 0 Å². The number of rotatable bonds is 9. The lowest BCUT2D eigenvalue weighted by Crippen LogP contribution is -2.35. The SMILES string of the molecule is CC.CCOc1ccc(Cc2cc(C3CC(OCc4ccccc4)CC(CO)O3)ccc2Cl)cc1F.CO.CS. The summed E-state index contributed by atoms with van der Waals surface area (Å²) in [5.41, 5.74) is 3.78. The van der Waals surface area contributed by atoms with Crippen molar-refractivity contribution in [1.29, 1.82) is 0 Å². The van der Waals surface area contributed by atoms with Crippen LogP contribution in [0.15, 0.2) is 66.7 Å². The van der Waals surface area contributed by atoms with Gasteiger partial charge in [0.15, 0.2) is 11.6 Å². The van der Waals surface area contributed by atoms with E-state index in [1.54, 1.807) is 12.3 Å². The fourth-order valence-electron chi connectivity index (χ4n) is 4.31. The van der Waals surface area contributed by atoms with Crippen LogP contribution in [0.5, 0.6) is 5.75 Å². The highest BCUT2D eigenvalue weighted by molar-refractivity contribution is 7.79. The normalized spacial score (nSPS) is 17.7. The van der Waals surface area contributed by atoms with Crippen molar-refractivity contribution >= 4 is 24.2 Å². The predicted molar refractivity (Wildman–Crippen MR) is 165 cm³/mol. The lowest BCUT2D eigenvalue weighted by Gasteiger charge is -2.35. The van der Waals surface area contributed by atoms with Gasteiger partial charge in [0, 0.05) is 25.0 Å². The molecule has 3 atom stereocenters. The van der Waals surface area contributed by atoms with E-state index in [1.807, 2.05) is 75.4 Å². The van der Waals surface area contributed by atoms with E-state index in [0.29, 0.717) is 37.5 Å². The molecule has 3 aromatic rings. The first-order valence-electron chi connectivity index (χ1n) is 13.6. The minimum absolute atomic E-state index is 0.0320. The first-order chi connectivity index (χ1) is 19.6. The van der Waals surface area contributed by atoms with Gasteiger partial charge in [-0.05, 0) is 60.1 Å². The van der Waals surface area contributed by atoms with E-state index in [2.05, 4.69) is 12.6 Å². The van der Waals surface area contributed by atoms with Crippen LogP contribution in [0.2, 0.25) is 5.02 Å². The molecule has 1 aliphatic rings. The van der Waals surface area contributed by atoms with Crippen molar-refractivity contribution in [1.82, 2.24) is 0 Å². The molecule has 5 nitrogen and oxygen atoms in total. The van der Waals surface area contributed by atoms with Gasteiger partial charge in [-0.2, -0.15) is 12.6 Å². The maximum atomic E-state index is 14.3. The van der Waals surface area contributed by atoms with Crippen molar-refractivity contribution in [3.05, 3.63) is 99.8 Å². The Morgan fingerprint density at radius 1 is 0.975 bits per heavy atom. The van der Waals surface area contributed by atoms with E-state index >= 15 is 0 Å². The van der Waals surface area contributed by atoms with Crippen LogP contribution >= 0.6 is 24.2 Å². The van der Waals surface area contributed by atoms with Crippen LogP contribution < -0.4 is 4.74 Å². The Bertz CT molecular complexity index is 1090. The number of hydrogen-bond acceptors (Lipinski definition) is 6. The number of aliphatic hydroxyl groups excluding tert-OH is 2. The van der Waals surface area contributed by atoms with Crippen LogP contribution in [0.1, 0.15) is 62.0 Å². The van der Waals surface area contributed by atoms with E-state index in [9.17, 15) is 9.50 Å². The predicted octanol–water partition coefficient (Wildman–Crippen LogP) is 7.45. The Morgan fingerprint density at radius 2 is 1.68 bits per heavy atom. The highest BCUT2D eigenvalue weighted by Crippen LogP contribution is 2.35. The van der Waals surface area contributed by atoms with Crippen molar-refractivity contribution in [3.8, 4) is 5.75 Å². The second-order valence-corrected chi connectivity index (χ2v) is 8.95. The molecule has 0 saturated carbocycles. The molecule has 0 aliphatic carbocycles. The third-order valence-corrected chi connectivity index (χ3v) is 6.39. The van der Waals surface area contributed by atoms with Gasteiger partial charge in [0.2, 0.25) is 0 Å². The molecule has 8 heteroatoms. The summed E-state index contributed by atoms with van der Waals surface area (Å²) in [6.45, 7) is 6.69. The first kappa shape index (κ1) is 35.9. The number of aliphatic hydroxyl groups is 2. The smallest absolute Gasteiger partial charge is 0.165 e. The molecule has 222 valence electrons. The first-order valence-corrected chi connectivity index (χ1v) is 14.8. The number of thiol groups is 1. The molecule has 1 fully saturated rings. The number of hydrogen-bond donors (Lipinski definition) is 3. The van der Waals surface area contributed by atoms with Crippen molar-refractivity contribution in [3.63, 3.8) is 0 Å². The molecule has 40 heavy (non-hydrogen) atoms. The van der Waals surface area contributed by atoms with Crippen molar-refractivity contribution < 1.29 is 28.8 Å². The standard InChI is InChI=1S/C28H30ClFO4.C2H6.CH4O.CH4S/c1-2-32-27-11-8-20(13-26(27)30)12-22-14-21(9-10-25(22)29)28-16-23(15-24(17-31)34-28)33-18-19-6-4-3-5-7-19;3*1-2/h3-11,13-14,23-24,28,31H,2,12,15-18H2,1H3;1-2H3;2*2H,1H3. The van der Waals surface area contributed by atoms with Crippen LogP contribution in [0.3, 0.4) is 0 Å². The summed E-state index contributed by atoms with van der Waals surface area (Å²) in [5.74, 6) is -0.135. The van der Waals surface area contributed by atoms with Crippen LogP contribution in [-0.4, -0.2) is 49.0 Å². The van der Waals surface area contributed by atoms with Gasteiger partial charge in [-0.25, -0.2) is 4.39 Å². The van der Waals surface area contributed by atoms with Crippen LogP contribution in [0, 0.1) is 5.82 Å². The lowest BCUT2D eigenvalue weighted by atomic mass is 9.93. The fourth-order valence-corrected chi connectivity index (χ4v) is 4.49. The summed E-state index contributed by atoms with van der Waals surface area (Å²) < 4.78 is 31.9. The van der Waals surface area contributed by atoms with E-state index in [4.69, 9.17) is 30.9 Å². The molecule has 0 radical (unpaired) electrons. The van der Waals surface area contributed by atoms with Crippen molar-refractivity contribution in [2.75, 3.05) is 26.6 Å². The van der Waals surface area contributed by atoms with Crippen LogP contribution in [0.25, 0.3) is 0 Å². The van der Waals surface area contributed by atoms with Crippen LogP contribution in [-0.2, 0) is 22.5 Å². The zero-order chi connectivity index (χ0) is 29.9. The Kier molecular flexibility index (Phi) is 18.6. The molecule has 4 rings (SSSR count). The van der Waals surface area contributed by atoms with Gasteiger partial charge >= 0.3 is 0 Å². The number of benzene rings is 3. The molecule has 3 unspecified atom stereocenters. The molecule has 1 saturated heterocycles. The average molecular weight is 595 g/mol. The third-order valence-electron chi connectivity index (χ3n) is 6.02. The maximum Gasteiger partial charge on any atom is 0.165 e. The molecule has 3 aromatic carbocycles. The molecule has 0 bridgehead atoms. The summed E-state index contributed by atoms with van der Waals surface area (Å²) in [6, 6.07) is 20.8. The molecular weight excluding hydrogens is 551 g/mol. The van der Waals surface area contributed by atoms with E-state index in [0.717, 1.165) is 29.4 Å². The van der Waals surface area contributed by atoms with E-state index in [-0.39, 0.29) is 36.5 Å². The van der Waals surface area contributed by atoms with Gasteiger partial charge in [-0.15, -0.1) is 0 Å². The molecule has 0 aromatic heterocycles. The fraction of sp³-hybridized carbons (Fsp3) is 0.438. The summed E-state index contributed by atoms with van der Waals surface area (Å²) in [6.07, 6.45) is 2.96. The van der Waals surface area contributed by atoms with Gasteiger partial charge in [-0.3, -0.25) is 0 Å². The molecule has 2 N–H and O–H groups in total. The summed E-state index contributed by atoms with van der Waals surface area (Å²) in [4.78, 5) is 0. The average Bonchev–Trinajstić information content (AvgIpc) is 3.02. The Balaban J connectivity index is 0.00000125. The summed E-state index contributed by atoms with van der Waals surface area (Å²) in [7, 11) is 1.00. The highest BCUT2D eigenvalue weighted by Gasteiger charge is 2.31. The Morgan fingerprint density at radius 3 is 2.30 bits per heavy atom. The van der Waals surface area contributed by atoms with Crippen molar-refractivity contribution in [2.45, 2.75) is 65.0 Å². The maximum absolute atomic E-state index is 14.3. The van der Waals surface area contributed by atoms with Gasteiger partial charge in [0.05, 0.1) is 38.1 Å². The molecule has 0 amide bonds. The monoisotopic (exact) mass is 594 g/mol. The topological polar surface area (TPSA) is 68.2 Å². The van der Waals surface area contributed by atoms with Gasteiger partial charge < -0.3 is 24.4 Å². The van der Waals surface area contributed by atoms with Crippen LogP contribution in [0.4, 0.5) is 4.39 Å². The van der Waals surface area contributed by atoms with Gasteiger partial charge in [0.1, 0.15) is 0 Å². The zero-order valence-electron chi connectivity index (χ0n) is 24.1. The van der Waals surface area contributed by atoms with Gasteiger partial charge in [0.25, 0.3) is 0 Å². The Hall–Kier alpha value is -2.13. The van der Waals surface area contributed by atoms with Crippen molar-refractivity contribution in [2.24, 2.45) is 0 Å². The van der Waals surface area contributed by atoms with E-state index in [1.165, 1.54) is 6.07 Å². The largest absolute Gasteiger partial charge is 0.491 e. The number of ether oxygens (including phenoxy) is 3. The molecule has 1 aliphatic heterocycles. The minimum Gasteiger partial charge on any atom is -0.491 e. The minimum atomic E-state index is -0.383. The molecule has 0 spiro atoms. The molecule has 1 heterocycles. The number of halogens is 2. The Labute approximate surface area is 249 Å². The lowest BCUT2D eigenvalue weighted by molar-refractivity contribution is -0.133.